The maximum Gasteiger partial charge on any atom is -0.00201 e. The van der Waals surface area contributed by atoms with Gasteiger partial charge in [-0.25, -0.2) is 0 Å². The lowest BCUT2D eigenvalue weighted by atomic mass is 9.82. The lowest BCUT2D eigenvalue weighted by Gasteiger charge is -2.21. The van der Waals surface area contributed by atoms with Crippen molar-refractivity contribution in [1.29, 1.82) is 0 Å². The monoisotopic (exact) mass is 582 g/mol. The molecule has 0 radical (unpaired) electrons. The summed E-state index contributed by atoms with van der Waals surface area (Å²) in [5.41, 5.74) is 10.1. The number of benzene rings is 9. The van der Waals surface area contributed by atoms with Gasteiger partial charge in [0.25, 0.3) is 0 Å². The second-order valence-electron chi connectivity index (χ2n) is 12.0. The molecule has 0 aromatic heterocycles. The Morgan fingerprint density at radius 1 is 0.217 bits per heavy atom. The summed E-state index contributed by atoms with van der Waals surface area (Å²) in [4.78, 5) is 0. The van der Waals surface area contributed by atoms with E-state index in [-0.39, 0.29) is 0 Å². The van der Waals surface area contributed by atoms with Gasteiger partial charge < -0.3 is 0 Å². The normalized spacial score (nSPS) is 11.5. The molecule has 46 heavy (non-hydrogen) atoms. The molecule has 0 N–H and O–H groups in total. The predicted octanol–water partition coefficient (Wildman–Crippen LogP) is 13.0. The summed E-state index contributed by atoms with van der Waals surface area (Å²) in [6.45, 7) is 0. The topological polar surface area (TPSA) is 0 Å². The first-order chi connectivity index (χ1) is 22.8. The molecule has 0 heteroatoms. The average Bonchev–Trinajstić information content (AvgIpc) is 3.14. The highest BCUT2D eigenvalue weighted by Crippen LogP contribution is 2.48. The van der Waals surface area contributed by atoms with Crippen LogP contribution in [0.15, 0.2) is 182 Å². The smallest absolute Gasteiger partial charge is 0.00201 e. The van der Waals surface area contributed by atoms with Crippen LogP contribution in [0.3, 0.4) is 0 Å². The van der Waals surface area contributed by atoms with Crippen LogP contribution < -0.4 is 0 Å². The fraction of sp³-hybridized carbons (Fsp3) is 0. The number of fused-ring (bicyclic) bond motifs is 4. The summed E-state index contributed by atoms with van der Waals surface area (Å²) in [6, 6.07) is 66.5. The molecular formula is C46H30. The van der Waals surface area contributed by atoms with Crippen LogP contribution in [0.1, 0.15) is 0 Å². The van der Waals surface area contributed by atoms with E-state index in [1.165, 1.54) is 87.6 Å². The summed E-state index contributed by atoms with van der Waals surface area (Å²) in [5.74, 6) is 0. The Morgan fingerprint density at radius 2 is 0.674 bits per heavy atom. The van der Waals surface area contributed by atoms with Crippen molar-refractivity contribution in [2.24, 2.45) is 0 Å². The van der Waals surface area contributed by atoms with Gasteiger partial charge in [-0.3, -0.25) is 0 Å². The van der Waals surface area contributed by atoms with Crippen molar-refractivity contribution in [1.82, 2.24) is 0 Å². The summed E-state index contributed by atoms with van der Waals surface area (Å²) < 4.78 is 0. The maximum atomic E-state index is 2.35. The van der Waals surface area contributed by atoms with Crippen molar-refractivity contribution in [3.63, 3.8) is 0 Å². The van der Waals surface area contributed by atoms with Gasteiger partial charge in [0, 0.05) is 0 Å². The molecule has 0 aliphatic heterocycles. The van der Waals surface area contributed by atoms with Crippen LogP contribution >= 0.6 is 0 Å². The molecular weight excluding hydrogens is 553 g/mol. The Hall–Kier alpha value is -5.98. The van der Waals surface area contributed by atoms with Gasteiger partial charge in [0.05, 0.1) is 0 Å². The van der Waals surface area contributed by atoms with Crippen molar-refractivity contribution in [3.05, 3.63) is 182 Å². The average molecular weight is 583 g/mol. The van der Waals surface area contributed by atoms with Gasteiger partial charge in [0.1, 0.15) is 0 Å². The molecule has 9 aromatic rings. The number of hydrogen-bond acceptors (Lipinski definition) is 0. The van der Waals surface area contributed by atoms with E-state index in [0.717, 1.165) is 0 Å². The van der Waals surface area contributed by atoms with Crippen LogP contribution in [-0.2, 0) is 0 Å². The van der Waals surface area contributed by atoms with Crippen LogP contribution in [-0.4, -0.2) is 0 Å². The van der Waals surface area contributed by atoms with Crippen molar-refractivity contribution >= 4 is 43.1 Å². The molecule has 0 saturated carbocycles. The lowest BCUT2D eigenvalue weighted by molar-refractivity contribution is 1.61. The van der Waals surface area contributed by atoms with Crippen molar-refractivity contribution < 1.29 is 0 Å². The zero-order valence-corrected chi connectivity index (χ0v) is 25.3. The molecule has 0 unspecified atom stereocenters. The molecule has 0 nitrogen and oxygen atoms in total. The number of hydrogen-bond donors (Lipinski definition) is 0. The molecule has 0 amide bonds. The van der Waals surface area contributed by atoms with Crippen molar-refractivity contribution in [3.8, 4) is 44.5 Å². The largest absolute Gasteiger partial charge is 0.0622 e. The Balaban J connectivity index is 1.35. The minimum atomic E-state index is 1.23. The molecule has 0 aliphatic rings. The van der Waals surface area contributed by atoms with Gasteiger partial charge in [-0.2, -0.15) is 0 Å². The first-order valence-electron chi connectivity index (χ1n) is 15.9. The standard InChI is InChI=1S/C46H30/c1-2-15-32(16-3-1)35-18-6-9-21-39(35)45-40-22-10-12-24-42(40)46(43-25-13-11-23-41(43)45)44-29-28-36(37-19-7-8-20-38(37)44)34-27-26-31-14-4-5-17-33(31)30-34/h1-30H. The Bertz CT molecular complexity index is 2520. The second kappa shape index (κ2) is 10.9. The molecule has 0 heterocycles. The van der Waals surface area contributed by atoms with Gasteiger partial charge in [0.2, 0.25) is 0 Å². The molecule has 214 valence electrons. The highest BCUT2D eigenvalue weighted by Gasteiger charge is 2.20. The fourth-order valence-electron chi connectivity index (χ4n) is 7.40. The van der Waals surface area contributed by atoms with Gasteiger partial charge in [-0.05, 0) is 93.7 Å². The summed E-state index contributed by atoms with van der Waals surface area (Å²) >= 11 is 0. The Morgan fingerprint density at radius 3 is 1.33 bits per heavy atom. The number of rotatable bonds is 4. The molecule has 9 aromatic carbocycles. The van der Waals surface area contributed by atoms with E-state index < -0.39 is 0 Å². The minimum Gasteiger partial charge on any atom is -0.0622 e. The Labute approximate surface area is 268 Å². The van der Waals surface area contributed by atoms with E-state index in [9.17, 15) is 0 Å². The zero-order chi connectivity index (χ0) is 30.5. The summed E-state index contributed by atoms with van der Waals surface area (Å²) in [6.07, 6.45) is 0. The zero-order valence-electron chi connectivity index (χ0n) is 25.3. The molecule has 0 bridgehead atoms. The van der Waals surface area contributed by atoms with Gasteiger partial charge in [0.15, 0.2) is 0 Å². The molecule has 0 atom stereocenters. The summed E-state index contributed by atoms with van der Waals surface area (Å²) in [5, 5.41) is 10.1. The van der Waals surface area contributed by atoms with Crippen LogP contribution in [0.2, 0.25) is 0 Å². The maximum absolute atomic E-state index is 2.35. The highest BCUT2D eigenvalue weighted by atomic mass is 14.2. The summed E-state index contributed by atoms with van der Waals surface area (Å²) in [7, 11) is 0. The minimum absolute atomic E-state index is 1.23. The molecule has 0 saturated heterocycles. The van der Waals surface area contributed by atoms with E-state index in [0.29, 0.717) is 0 Å². The van der Waals surface area contributed by atoms with Crippen LogP contribution in [0.4, 0.5) is 0 Å². The Kier molecular flexibility index (Phi) is 6.25. The van der Waals surface area contributed by atoms with Crippen molar-refractivity contribution in [2.75, 3.05) is 0 Å². The lowest BCUT2D eigenvalue weighted by Crippen LogP contribution is -1.93. The van der Waals surface area contributed by atoms with Gasteiger partial charge in [-0.1, -0.05) is 176 Å². The molecule has 0 spiro atoms. The third-order valence-electron chi connectivity index (χ3n) is 9.47. The van der Waals surface area contributed by atoms with E-state index >= 15 is 0 Å². The van der Waals surface area contributed by atoms with Crippen LogP contribution in [0.25, 0.3) is 87.6 Å². The first-order valence-corrected chi connectivity index (χ1v) is 15.9. The van der Waals surface area contributed by atoms with Gasteiger partial charge >= 0.3 is 0 Å². The van der Waals surface area contributed by atoms with E-state index in [4.69, 9.17) is 0 Å². The predicted molar refractivity (Wildman–Crippen MR) is 198 cm³/mol. The third kappa shape index (κ3) is 4.23. The van der Waals surface area contributed by atoms with Gasteiger partial charge in [-0.15, -0.1) is 0 Å². The first kappa shape index (κ1) is 26.4. The van der Waals surface area contributed by atoms with Crippen molar-refractivity contribution in [2.45, 2.75) is 0 Å². The second-order valence-corrected chi connectivity index (χ2v) is 12.0. The van der Waals surface area contributed by atoms with Crippen LogP contribution in [0.5, 0.6) is 0 Å². The molecule has 0 fully saturated rings. The van der Waals surface area contributed by atoms with E-state index in [1.54, 1.807) is 0 Å². The third-order valence-corrected chi connectivity index (χ3v) is 9.47. The van der Waals surface area contributed by atoms with Crippen LogP contribution in [0, 0.1) is 0 Å². The molecule has 9 rings (SSSR count). The molecule has 0 aliphatic carbocycles. The SMILES string of the molecule is c1ccc(-c2ccccc2-c2c3ccccc3c(-c3ccc(-c4ccc5ccccc5c4)c4ccccc34)c3ccccc23)cc1. The van der Waals surface area contributed by atoms with E-state index in [1.807, 2.05) is 0 Å². The fourth-order valence-corrected chi connectivity index (χ4v) is 7.40. The quantitative estimate of drug-likeness (QED) is 0.181. The van der Waals surface area contributed by atoms with E-state index in [2.05, 4.69) is 182 Å². The highest BCUT2D eigenvalue weighted by molar-refractivity contribution is 6.25.